The number of carbonyl (C=O) groups is 1. The molecule has 0 aliphatic heterocycles. The summed E-state index contributed by atoms with van der Waals surface area (Å²) in [4.78, 5) is 16.5. The van der Waals surface area contributed by atoms with E-state index in [0.29, 0.717) is 13.0 Å². The van der Waals surface area contributed by atoms with E-state index in [1.165, 1.54) is 17.7 Å². The van der Waals surface area contributed by atoms with Gasteiger partial charge >= 0.3 is 5.97 Å². The Morgan fingerprint density at radius 1 is 1.03 bits per heavy atom. The number of carboxylic acid groups (broad SMARTS) is 1. The van der Waals surface area contributed by atoms with Crippen molar-refractivity contribution in [3.63, 3.8) is 0 Å². The average Bonchev–Trinajstić information content (AvgIpc) is 2.82. The molecule has 1 N–H and O–H groups in total. The Hall–Kier alpha value is -3.47. The van der Waals surface area contributed by atoms with Gasteiger partial charge in [0.2, 0.25) is 0 Å². The molecule has 0 atom stereocenters. The molecule has 1 aliphatic carbocycles. The number of aliphatic carboxylic acids is 1. The van der Waals surface area contributed by atoms with Crippen LogP contribution in [0.5, 0.6) is 5.75 Å². The van der Waals surface area contributed by atoms with E-state index in [2.05, 4.69) is 19.9 Å². The Labute approximate surface area is 212 Å². The minimum absolute atomic E-state index is 0.0488. The zero-order valence-corrected chi connectivity index (χ0v) is 21.5. The summed E-state index contributed by atoms with van der Waals surface area (Å²) in [5.41, 5.74) is 7.99. The van der Waals surface area contributed by atoms with Gasteiger partial charge in [-0.05, 0) is 90.6 Å². The third-order valence-electron chi connectivity index (χ3n) is 7.02. The number of ether oxygens (including phenoxy) is 1. The van der Waals surface area contributed by atoms with Crippen LogP contribution >= 0.6 is 0 Å². The fraction of sp³-hybridized carbons (Fsp3) is 0.355. The van der Waals surface area contributed by atoms with E-state index in [9.17, 15) is 14.3 Å². The second kappa shape index (κ2) is 10.7. The lowest BCUT2D eigenvalue weighted by molar-refractivity contribution is -0.136. The van der Waals surface area contributed by atoms with Gasteiger partial charge in [-0.15, -0.1) is 0 Å². The quantitative estimate of drug-likeness (QED) is 0.361. The number of hydrogen-bond donors (Lipinski definition) is 1. The summed E-state index contributed by atoms with van der Waals surface area (Å²) in [5.74, 6) is -0.336. The number of rotatable bonds is 8. The van der Waals surface area contributed by atoms with Crippen molar-refractivity contribution in [3.05, 3.63) is 88.5 Å². The van der Waals surface area contributed by atoms with Crippen molar-refractivity contribution in [3.8, 4) is 16.9 Å². The van der Waals surface area contributed by atoms with Crippen LogP contribution in [0.2, 0.25) is 0 Å². The molecule has 0 spiro atoms. The van der Waals surface area contributed by atoms with Crippen molar-refractivity contribution in [2.24, 2.45) is 5.41 Å². The Balaban J connectivity index is 1.64. The predicted molar refractivity (Wildman–Crippen MR) is 142 cm³/mol. The van der Waals surface area contributed by atoms with Crippen LogP contribution in [0.1, 0.15) is 61.2 Å². The molecule has 0 bridgehead atoms. The number of aromatic nitrogens is 1. The van der Waals surface area contributed by atoms with Crippen LogP contribution in [0.3, 0.4) is 0 Å². The summed E-state index contributed by atoms with van der Waals surface area (Å²) in [6.45, 7) is 8.95. The van der Waals surface area contributed by atoms with Gasteiger partial charge in [-0.3, -0.25) is 9.78 Å². The summed E-state index contributed by atoms with van der Waals surface area (Å²) < 4.78 is 19.0. The molecule has 0 saturated heterocycles. The maximum Gasteiger partial charge on any atom is 0.307 e. The molecule has 0 saturated carbocycles. The standard InChI is InChI=1S/C31H34FNO3/c1-20-27(19-28(34)35)30(24-13-16-31(3,4)17-14-24)29(21(2)33-20)23-7-11-26(12-8-23)36-18-15-22-5-9-25(32)10-6-22/h5-13H,14-19H2,1-4H3,(H,34,35). The van der Waals surface area contributed by atoms with E-state index >= 15 is 0 Å². The maximum absolute atomic E-state index is 13.1. The fourth-order valence-corrected chi connectivity index (χ4v) is 4.92. The van der Waals surface area contributed by atoms with Crippen molar-refractivity contribution in [1.29, 1.82) is 0 Å². The number of nitrogens with zero attached hydrogens (tertiary/aromatic N) is 1. The van der Waals surface area contributed by atoms with Crippen LogP contribution in [0, 0.1) is 25.1 Å². The van der Waals surface area contributed by atoms with E-state index < -0.39 is 5.97 Å². The first-order valence-electron chi connectivity index (χ1n) is 12.5. The van der Waals surface area contributed by atoms with Crippen molar-refractivity contribution >= 4 is 11.5 Å². The fourth-order valence-electron chi connectivity index (χ4n) is 4.92. The predicted octanol–water partition coefficient (Wildman–Crippen LogP) is 7.35. The second-order valence-corrected chi connectivity index (χ2v) is 10.4. The number of benzene rings is 2. The van der Waals surface area contributed by atoms with Gasteiger partial charge in [0.05, 0.1) is 13.0 Å². The van der Waals surface area contributed by atoms with Gasteiger partial charge in [-0.1, -0.05) is 44.2 Å². The number of pyridine rings is 1. The highest BCUT2D eigenvalue weighted by Gasteiger charge is 2.27. The molecular weight excluding hydrogens is 453 g/mol. The third kappa shape index (κ3) is 6.01. The Morgan fingerprint density at radius 3 is 2.33 bits per heavy atom. The zero-order valence-electron chi connectivity index (χ0n) is 21.5. The second-order valence-electron chi connectivity index (χ2n) is 10.4. The molecule has 1 aliphatic rings. The van der Waals surface area contributed by atoms with Crippen LogP contribution in [0.4, 0.5) is 4.39 Å². The van der Waals surface area contributed by atoms with Gasteiger partial charge < -0.3 is 9.84 Å². The Kier molecular flexibility index (Phi) is 7.58. The number of hydrogen-bond acceptors (Lipinski definition) is 3. The van der Waals surface area contributed by atoms with Crippen LogP contribution in [-0.4, -0.2) is 22.7 Å². The van der Waals surface area contributed by atoms with E-state index in [1.807, 2.05) is 38.1 Å². The van der Waals surface area contributed by atoms with Crippen LogP contribution in [0.15, 0.2) is 54.6 Å². The summed E-state index contributed by atoms with van der Waals surface area (Å²) >= 11 is 0. The molecule has 1 aromatic heterocycles. The van der Waals surface area contributed by atoms with Crippen molar-refractivity contribution < 1.29 is 19.0 Å². The smallest absolute Gasteiger partial charge is 0.307 e. The zero-order chi connectivity index (χ0) is 25.9. The summed E-state index contributed by atoms with van der Waals surface area (Å²) in [5, 5.41) is 9.66. The van der Waals surface area contributed by atoms with Crippen molar-refractivity contribution in [1.82, 2.24) is 4.98 Å². The highest BCUT2D eigenvalue weighted by atomic mass is 19.1. The molecule has 36 heavy (non-hydrogen) atoms. The number of aryl methyl sites for hydroxylation is 2. The molecule has 0 fully saturated rings. The van der Waals surface area contributed by atoms with Crippen molar-refractivity contribution in [2.45, 2.75) is 59.8 Å². The molecule has 0 radical (unpaired) electrons. The number of halogens is 1. The largest absolute Gasteiger partial charge is 0.493 e. The Bertz CT molecular complexity index is 1270. The van der Waals surface area contributed by atoms with Crippen LogP contribution in [-0.2, 0) is 17.6 Å². The van der Waals surface area contributed by atoms with Crippen LogP contribution < -0.4 is 4.74 Å². The molecule has 4 nitrogen and oxygen atoms in total. The molecule has 188 valence electrons. The molecule has 1 heterocycles. The first-order valence-corrected chi connectivity index (χ1v) is 12.5. The minimum atomic E-state index is -0.849. The van der Waals surface area contributed by atoms with Crippen molar-refractivity contribution in [2.75, 3.05) is 6.61 Å². The lowest BCUT2D eigenvalue weighted by Crippen LogP contribution is -2.16. The van der Waals surface area contributed by atoms with Gasteiger partial charge in [0, 0.05) is 23.4 Å². The lowest BCUT2D eigenvalue weighted by Gasteiger charge is -2.31. The molecule has 4 rings (SSSR count). The topological polar surface area (TPSA) is 59.4 Å². The molecule has 0 unspecified atom stereocenters. The van der Waals surface area contributed by atoms with Crippen LogP contribution in [0.25, 0.3) is 16.7 Å². The lowest BCUT2D eigenvalue weighted by atomic mass is 9.75. The molecular formula is C31H34FNO3. The van der Waals surface area contributed by atoms with E-state index in [-0.39, 0.29) is 17.7 Å². The Morgan fingerprint density at radius 2 is 1.72 bits per heavy atom. The SMILES string of the molecule is Cc1nc(C)c(-c2ccc(OCCc3ccc(F)cc3)cc2)c(C2=CCC(C)(C)CC2)c1CC(=O)O. The first kappa shape index (κ1) is 25.6. The summed E-state index contributed by atoms with van der Waals surface area (Å²) in [6, 6.07) is 14.4. The highest BCUT2D eigenvalue weighted by Crippen LogP contribution is 2.43. The molecule has 5 heteroatoms. The maximum atomic E-state index is 13.1. The normalized spacial score (nSPS) is 14.9. The van der Waals surface area contributed by atoms with Gasteiger partial charge in [0.15, 0.2) is 0 Å². The van der Waals surface area contributed by atoms with Gasteiger partial charge in [0.25, 0.3) is 0 Å². The molecule has 2 aromatic carbocycles. The van der Waals surface area contributed by atoms with E-state index in [1.54, 1.807) is 12.1 Å². The van der Waals surface area contributed by atoms with Gasteiger partial charge in [-0.2, -0.15) is 0 Å². The summed E-state index contributed by atoms with van der Waals surface area (Å²) in [6.07, 6.45) is 5.88. The molecule has 3 aromatic rings. The highest BCUT2D eigenvalue weighted by molar-refractivity contribution is 5.87. The van der Waals surface area contributed by atoms with E-state index in [0.717, 1.165) is 64.2 Å². The number of allylic oxidation sites excluding steroid dienone is 2. The number of carboxylic acids is 1. The first-order chi connectivity index (χ1) is 17.1. The van der Waals surface area contributed by atoms with Gasteiger partial charge in [0.1, 0.15) is 11.6 Å². The van der Waals surface area contributed by atoms with E-state index in [4.69, 9.17) is 9.72 Å². The minimum Gasteiger partial charge on any atom is -0.493 e. The summed E-state index contributed by atoms with van der Waals surface area (Å²) in [7, 11) is 0. The third-order valence-corrected chi connectivity index (χ3v) is 7.02. The van der Waals surface area contributed by atoms with Gasteiger partial charge in [-0.25, -0.2) is 4.39 Å². The average molecular weight is 488 g/mol. The molecule has 0 amide bonds. The monoisotopic (exact) mass is 487 g/mol.